The van der Waals surface area contributed by atoms with Crippen LogP contribution in [-0.2, 0) is 10.1 Å². The zero-order valence-corrected chi connectivity index (χ0v) is 14.0. The lowest BCUT2D eigenvalue weighted by Gasteiger charge is -2.49. The van der Waals surface area contributed by atoms with Crippen molar-refractivity contribution in [3.8, 4) is 5.75 Å². The summed E-state index contributed by atoms with van der Waals surface area (Å²) < 4.78 is 60.2. The van der Waals surface area contributed by atoms with Gasteiger partial charge in [0.05, 0.1) is 0 Å². The SMILES string of the molecule is C1C2CC3CC1CC(C2)C3.O=S(=O)(Oc1ccccc1)C(F)(F)F. The molecule has 0 saturated heterocycles. The monoisotopic (exact) mass is 362 g/mol. The highest BCUT2D eigenvalue weighted by molar-refractivity contribution is 7.87. The summed E-state index contributed by atoms with van der Waals surface area (Å²) in [5.41, 5.74) is -5.40. The number of alkyl halides is 3. The Morgan fingerprint density at radius 3 is 1.50 bits per heavy atom. The lowest BCUT2D eigenvalue weighted by Crippen LogP contribution is -2.38. The summed E-state index contributed by atoms with van der Waals surface area (Å²) in [6.07, 6.45) is 9.62. The minimum absolute atomic E-state index is 0.371. The number of hydrogen-bond donors (Lipinski definition) is 0. The molecule has 0 atom stereocenters. The zero-order chi connectivity index (χ0) is 17.4. The van der Waals surface area contributed by atoms with E-state index in [2.05, 4.69) is 4.18 Å². The number of hydrogen-bond acceptors (Lipinski definition) is 3. The van der Waals surface area contributed by atoms with Gasteiger partial charge in [-0.15, -0.1) is 0 Å². The van der Waals surface area contributed by atoms with Gasteiger partial charge in [0.25, 0.3) is 0 Å². The molecular weight excluding hydrogens is 341 g/mol. The summed E-state index contributed by atoms with van der Waals surface area (Å²) in [6.45, 7) is 0. The minimum Gasteiger partial charge on any atom is -0.376 e. The van der Waals surface area contributed by atoms with E-state index in [0.717, 1.165) is 12.1 Å². The van der Waals surface area contributed by atoms with E-state index >= 15 is 0 Å². The first-order valence-corrected chi connectivity index (χ1v) is 9.69. The van der Waals surface area contributed by atoms with Crippen molar-refractivity contribution >= 4 is 10.1 Å². The largest absolute Gasteiger partial charge is 0.534 e. The zero-order valence-electron chi connectivity index (χ0n) is 13.2. The van der Waals surface area contributed by atoms with Gasteiger partial charge in [-0.1, -0.05) is 18.2 Å². The number of para-hydroxylation sites is 1. The van der Waals surface area contributed by atoms with E-state index in [0.29, 0.717) is 0 Å². The molecule has 1 aromatic rings. The van der Waals surface area contributed by atoms with Crippen LogP contribution in [0, 0.1) is 23.7 Å². The summed E-state index contributed by atoms with van der Waals surface area (Å²) in [5.74, 6) is 4.34. The van der Waals surface area contributed by atoms with Gasteiger partial charge in [-0.05, 0) is 74.3 Å². The van der Waals surface area contributed by atoms with Crippen molar-refractivity contribution in [1.82, 2.24) is 0 Å². The molecule has 0 amide bonds. The van der Waals surface area contributed by atoms with Gasteiger partial charge in [0.15, 0.2) is 0 Å². The van der Waals surface area contributed by atoms with Gasteiger partial charge in [0.1, 0.15) is 5.75 Å². The molecule has 4 saturated carbocycles. The Hall–Kier alpha value is -1.24. The highest BCUT2D eigenvalue weighted by atomic mass is 32.2. The molecule has 0 heterocycles. The summed E-state index contributed by atoms with van der Waals surface area (Å²) in [6, 6.07) is 6.47. The van der Waals surface area contributed by atoms with Crippen LogP contribution in [-0.4, -0.2) is 13.9 Å². The third-order valence-corrected chi connectivity index (χ3v) is 6.21. The fourth-order valence-corrected chi connectivity index (χ4v) is 5.09. The third kappa shape index (κ3) is 4.05. The Kier molecular flexibility index (Phi) is 4.82. The van der Waals surface area contributed by atoms with Crippen molar-refractivity contribution in [1.29, 1.82) is 0 Å². The molecule has 7 heteroatoms. The van der Waals surface area contributed by atoms with Crippen molar-refractivity contribution in [2.24, 2.45) is 23.7 Å². The van der Waals surface area contributed by atoms with Crippen LogP contribution in [0.5, 0.6) is 5.75 Å². The van der Waals surface area contributed by atoms with Gasteiger partial charge in [-0.3, -0.25) is 0 Å². The molecule has 24 heavy (non-hydrogen) atoms. The normalized spacial score (nSPS) is 31.3. The summed E-state index contributed by atoms with van der Waals surface area (Å²) in [7, 11) is -5.55. The van der Waals surface area contributed by atoms with Crippen molar-refractivity contribution in [3.05, 3.63) is 30.3 Å². The Morgan fingerprint density at radius 1 is 0.792 bits per heavy atom. The molecule has 0 aliphatic heterocycles. The molecule has 0 aromatic heterocycles. The van der Waals surface area contributed by atoms with E-state index in [-0.39, 0.29) is 5.75 Å². The van der Waals surface area contributed by atoms with E-state index in [1.54, 1.807) is 38.5 Å². The first-order chi connectivity index (χ1) is 11.2. The predicted molar refractivity (Wildman–Crippen MR) is 83.7 cm³/mol. The van der Waals surface area contributed by atoms with Crippen LogP contribution < -0.4 is 4.18 Å². The van der Waals surface area contributed by atoms with E-state index in [1.807, 2.05) is 0 Å². The molecular formula is C17H21F3O3S. The van der Waals surface area contributed by atoms with Gasteiger partial charge >= 0.3 is 15.6 Å². The molecule has 3 nitrogen and oxygen atoms in total. The molecule has 0 N–H and O–H groups in total. The van der Waals surface area contributed by atoms with Crippen LogP contribution in [0.2, 0.25) is 0 Å². The number of halogens is 3. The third-order valence-electron chi connectivity index (χ3n) is 5.23. The summed E-state index contributed by atoms with van der Waals surface area (Å²) >= 11 is 0. The van der Waals surface area contributed by atoms with Crippen LogP contribution >= 0.6 is 0 Å². The van der Waals surface area contributed by atoms with Gasteiger partial charge < -0.3 is 4.18 Å². The van der Waals surface area contributed by atoms with Crippen molar-refractivity contribution in [2.45, 2.75) is 44.0 Å². The first-order valence-electron chi connectivity index (χ1n) is 8.28. The van der Waals surface area contributed by atoms with Crippen LogP contribution in [0.1, 0.15) is 38.5 Å². The average Bonchev–Trinajstić information content (AvgIpc) is 2.46. The van der Waals surface area contributed by atoms with E-state index in [9.17, 15) is 21.6 Å². The molecule has 4 bridgehead atoms. The van der Waals surface area contributed by atoms with Crippen LogP contribution in [0.4, 0.5) is 13.2 Å². The maximum atomic E-state index is 11.8. The van der Waals surface area contributed by atoms with E-state index < -0.39 is 15.6 Å². The second kappa shape index (κ2) is 6.58. The lowest BCUT2D eigenvalue weighted by molar-refractivity contribution is -0.0500. The Bertz CT molecular complexity index is 599. The fraction of sp³-hybridized carbons (Fsp3) is 0.647. The number of benzene rings is 1. The summed E-state index contributed by atoms with van der Waals surface area (Å²) in [5, 5.41) is 0. The topological polar surface area (TPSA) is 43.4 Å². The Morgan fingerprint density at radius 2 is 1.17 bits per heavy atom. The fourth-order valence-electron chi connectivity index (χ4n) is 4.63. The minimum atomic E-state index is -5.55. The quantitative estimate of drug-likeness (QED) is 0.563. The van der Waals surface area contributed by atoms with E-state index in [1.165, 1.54) is 41.9 Å². The molecule has 0 radical (unpaired) electrons. The Labute approximate surface area is 140 Å². The molecule has 4 aliphatic rings. The van der Waals surface area contributed by atoms with Crippen molar-refractivity contribution in [2.75, 3.05) is 0 Å². The average molecular weight is 362 g/mol. The van der Waals surface area contributed by atoms with Crippen LogP contribution in [0.3, 0.4) is 0 Å². The molecule has 134 valence electrons. The standard InChI is InChI=1S/C10H16.C7H5F3O3S/c1-7-2-9-4-8(1)5-10(3-7)6-9;8-7(9,10)14(11,12)13-6-4-2-1-3-5-6/h7-10H,1-6H2;1-5H. The molecule has 0 spiro atoms. The number of rotatable bonds is 2. The maximum absolute atomic E-state index is 11.8. The second-order valence-electron chi connectivity index (χ2n) is 7.17. The van der Waals surface area contributed by atoms with Crippen LogP contribution in [0.15, 0.2) is 30.3 Å². The molecule has 1 aromatic carbocycles. The smallest absolute Gasteiger partial charge is 0.376 e. The van der Waals surface area contributed by atoms with Gasteiger partial charge in [0.2, 0.25) is 0 Å². The Balaban J connectivity index is 0.000000147. The first kappa shape index (κ1) is 17.6. The second-order valence-corrected chi connectivity index (χ2v) is 8.71. The van der Waals surface area contributed by atoms with Gasteiger partial charge in [0, 0.05) is 0 Å². The lowest BCUT2D eigenvalue weighted by atomic mass is 9.56. The highest BCUT2D eigenvalue weighted by Gasteiger charge is 2.48. The molecule has 0 unspecified atom stereocenters. The van der Waals surface area contributed by atoms with E-state index in [4.69, 9.17) is 0 Å². The predicted octanol–water partition coefficient (Wildman–Crippen LogP) is 4.75. The van der Waals surface area contributed by atoms with Crippen LogP contribution in [0.25, 0.3) is 0 Å². The maximum Gasteiger partial charge on any atom is 0.534 e. The molecule has 4 fully saturated rings. The highest BCUT2D eigenvalue weighted by Crippen LogP contribution is 2.53. The van der Waals surface area contributed by atoms with Crippen molar-refractivity contribution in [3.63, 3.8) is 0 Å². The van der Waals surface area contributed by atoms with Crippen molar-refractivity contribution < 1.29 is 25.8 Å². The molecule has 5 rings (SSSR count). The van der Waals surface area contributed by atoms with Gasteiger partial charge in [-0.2, -0.15) is 21.6 Å². The molecule has 4 aliphatic carbocycles. The summed E-state index contributed by atoms with van der Waals surface area (Å²) in [4.78, 5) is 0. The van der Waals surface area contributed by atoms with Gasteiger partial charge in [-0.25, -0.2) is 0 Å².